The van der Waals surface area contributed by atoms with E-state index >= 15 is 0 Å². The number of para-hydroxylation sites is 2. The summed E-state index contributed by atoms with van der Waals surface area (Å²) in [6.45, 7) is 0.233. The predicted octanol–water partition coefficient (Wildman–Crippen LogP) is 2.11. The molecule has 0 saturated carbocycles. The number of pyridine rings is 1. The summed E-state index contributed by atoms with van der Waals surface area (Å²) in [5.74, 6) is -0.289. The lowest BCUT2D eigenvalue weighted by Gasteiger charge is -2.28. The Kier molecular flexibility index (Phi) is 3.46. The zero-order chi connectivity index (χ0) is 16.5. The number of hydrogen-bond acceptors (Lipinski definition) is 2. The van der Waals surface area contributed by atoms with Crippen LogP contribution in [0.1, 0.15) is 0 Å². The molecule has 5 heteroatoms. The van der Waals surface area contributed by atoms with E-state index in [4.69, 9.17) is 0 Å². The minimum absolute atomic E-state index is 0.0456. The second-order valence-corrected chi connectivity index (χ2v) is 5.79. The lowest BCUT2D eigenvalue weighted by molar-refractivity contribution is -0.682. The third kappa shape index (κ3) is 2.60. The van der Waals surface area contributed by atoms with E-state index in [0.29, 0.717) is 5.69 Å². The van der Waals surface area contributed by atoms with Crippen molar-refractivity contribution in [3.05, 3.63) is 67.0 Å². The molecule has 0 bridgehead atoms. The topological polar surface area (TPSA) is 53.3 Å². The minimum Gasteiger partial charge on any atom is -0.323 e. The van der Waals surface area contributed by atoms with Crippen molar-refractivity contribution in [1.29, 1.82) is 0 Å². The maximum Gasteiger partial charge on any atom is 0.293 e. The van der Waals surface area contributed by atoms with Crippen LogP contribution in [0.2, 0.25) is 0 Å². The van der Waals surface area contributed by atoms with Gasteiger partial charge in [0.15, 0.2) is 12.4 Å². The minimum atomic E-state index is -0.175. The van der Waals surface area contributed by atoms with Crippen molar-refractivity contribution in [3.8, 4) is 0 Å². The summed E-state index contributed by atoms with van der Waals surface area (Å²) in [4.78, 5) is 26.1. The summed E-state index contributed by atoms with van der Waals surface area (Å²) in [5.41, 5.74) is 1.41. The van der Waals surface area contributed by atoms with Gasteiger partial charge in [0.25, 0.3) is 5.91 Å². The van der Waals surface area contributed by atoms with Crippen molar-refractivity contribution < 1.29 is 14.2 Å². The second-order valence-electron chi connectivity index (χ2n) is 5.79. The second kappa shape index (κ2) is 5.77. The number of nitrogens with zero attached hydrogens (tertiary/aromatic N) is 2. The van der Waals surface area contributed by atoms with Gasteiger partial charge in [-0.15, -0.1) is 0 Å². The van der Waals surface area contributed by atoms with Gasteiger partial charge in [0.05, 0.1) is 11.4 Å². The van der Waals surface area contributed by atoms with Gasteiger partial charge < -0.3 is 5.32 Å². The Balaban J connectivity index is 1.62. The SMILES string of the molecule is O=C1CN(C(=O)C[n+]2ccc3ccccc3c2)c2ccccc2N1. The van der Waals surface area contributed by atoms with Gasteiger partial charge in [-0.05, 0) is 23.6 Å². The van der Waals surface area contributed by atoms with E-state index in [2.05, 4.69) is 5.32 Å². The van der Waals surface area contributed by atoms with Gasteiger partial charge in [0, 0.05) is 11.5 Å². The number of rotatable bonds is 2. The van der Waals surface area contributed by atoms with Crippen LogP contribution >= 0.6 is 0 Å². The van der Waals surface area contributed by atoms with Gasteiger partial charge in [0.1, 0.15) is 6.54 Å². The molecule has 2 heterocycles. The van der Waals surface area contributed by atoms with E-state index in [1.165, 1.54) is 4.90 Å². The molecule has 3 aromatic rings. The van der Waals surface area contributed by atoms with Crippen LogP contribution < -0.4 is 14.8 Å². The largest absolute Gasteiger partial charge is 0.323 e. The molecule has 1 N–H and O–H groups in total. The van der Waals surface area contributed by atoms with Gasteiger partial charge in [-0.2, -0.15) is 4.57 Å². The van der Waals surface area contributed by atoms with E-state index in [1.54, 1.807) is 6.07 Å². The van der Waals surface area contributed by atoms with Crippen molar-refractivity contribution >= 4 is 34.0 Å². The molecule has 0 atom stereocenters. The predicted molar refractivity (Wildman–Crippen MR) is 91.6 cm³/mol. The summed E-state index contributed by atoms with van der Waals surface area (Å²) >= 11 is 0. The third-order valence-corrected chi connectivity index (χ3v) is 4.14. The summed E-state index contributed by atoms with van der Waals surface area (Å²) in [5, 5.41) is 5.00. The normalized spacial score (nSPS) is 13.5. The van der Waals surface area contributed by atoms with E-state index in [-0.39, 0.29) is 24.9 Å². The standard InChI is InChI=1S/C19H15N3O2/c23-18-12-22(17-8-4-3-7-16(17)20-18)19(24)13-21-10-9-14-5-1-2-6-15(14)11-21/h1-11H,12-13H2/p+1. The van der Waals surface area contributed by atoms with Crippen LogP contribution in [-0.2, 0) is 16.1 Å². The van der Waals surface area contributed by atoms with Crippen molar-refractivity contribution in [2.45, 2.75) is 6.54 Å². The highest BCUT2D eigenvalue weighted by Gasteiger charge is 2.28. The highest BCUT2D eigenvalue weighted by Crippen LogP contribution is 2.28. The highest BCUT2D eigenvalue weighted by molar-refractivity contribution is 6.09. The Morgan fingerprint density at radius 3 is 2.67 bits per heavy atom. The smallest absolute Gasteiger partial charge is 0.293 e. The van der Waals surface area contributed by atoms with E-state index in [0.717, 1.165) is 16.5 Å². The molecule has 0 radical (unpaired) electrons. The van der Waals surface area contributed by atoms with E-state index < -0.39 is 0 Å². The first-order chi connectivity index (χ1) is 11.7. The van der Waals surface area contributed by atoms with Gasteiger partial charge in [-0.3, -0.25) is 14.5 Å². The van der Waals surface area contributed by atoms with Crippen LogP contribution in [0.5, 0.6) is 0 Å². The Hall–Kier alpha value is -3.21. The molecule has 2 aromatic carbocycles. The van der Waals surface area contributed by atoms with Crippen LogP contribution in [0.4, 0.5) is 11.4 Å². The molecule has 0 fully saturated rings. The fraction of sp³-hybridized carbons (Fsp3) is 0.105. The van der Waals surface area contributed by atoms with Gasteiger partial charge in [-0.1, -0.05) is 30.3 Å². The maximum absolute atomic E-state index is 12.7. The number of hydrogen-bond donors (Lipinski definition) is 1. The summed E-state index contributed by atoms with van der Waals surface area (Å²) in [6.07, 6.45) is 3.83. The first-order valence-corrected chi connectivity index (χ1v) is 7.78. The van der Waals surface area contributed by atoms with E-state index in [1.807, 2.05) is 65.5 Å². The number of amides is 2. The molecule has 2 amide bonds. The van der Waals surface area contributed by atoms with Crippen LogP contribution in [-0.4, -0.2) is 18.4 Å². The van der Waals surface area contributed by atoms with Crippen LogP contribution in [0, 0.1) is 0 Å². The molecule has 1 aromatic heterocycles. The molecule has 5 nitrogen and oxygen atoms in total. The number of carbonyl (C=O) groups excluding carboxylic acids is 2. The fourth-order valence-electron chi connectivity index (χ4n) is 2.97. The molecule has 0 unspecified atom stereocenters. The van der Waals surface area contributed by atoms with Gasteiger partial charge >= 0.3 is 0 Å². The summed E-state index contributed by atoms with van der Waals surface area (Å²) < 4.78 is 1.85. The monoisotopic (exact) mass is 318 g/mol. The Morgan fingerprint density at radius 2 is 1.79 bits per heavy atom. The third-order valence-electron chi connectivity index (χ3n) is 4.14. The molecule has 1 aliphatic rings. The maximum atomic E-state index is 12.7. The molecule has 0 spiro atoms. The Labute approximate surface area is 139 Å². The zero-order valence-corrected chi connectivity index (χ0v) is 13.0. The number of fused-ring (bicyclic) bond motifs is 2. The van der Waals surface area contributed by atoms with Crippen LogP contribution in [0.15, 0.2) is 67.0 Å². The lowest BCUT2D eigenvalue weighted by Crippen LogP contribution is -2.48. The molecule has 1 aliphatic heterocycles. The van der Waals surface area contributed by atoms with Crippen molar-refractivity contribution in [2.75, 3.05) is 16.8 Å². The lowest BCUT2D eigenvalue weighted by atomic mass is 10.2. The van der Waals surface area contributed by atoms with Crippen LogP contribution in [0.3, 0.4) is 0 Å². The average Bonchev–Trinajstić information content (AvgIpc) is 2.60. The first-order valence-electron chi connectivity index (χ1n) is 7.78. The number of anilines is 2. The first kappa shape index (κ1) is 14.4. The number of aromatic nitrogens is 1. The van der Waals surface area contributed by atoms with Crippen molar-refractivity contribution in [3.63, 3.8) is 0 Å². The average molecular weight is 318 g/mol. The van der Waals surface area contributed by atoms with E-state index in [9.17, 15) is 9.59 Å². The van der Waals surface area contributed by atoms with Crippen molar-refractivity contribution in [1.82, 2.24) is 0 Å². The Morgan fingerprint density at radius 1 is 1.04 bits per heavy atom. The number of carbonyl (C=O) groups is 2. The fourth-order valence-corrected chi connectivity index (χ4v) is 2.97. The number of nitrogens with one attached hydrogen (secondary N) is 1. The molecule has 0 aliphatic carbocycles. The quantitative estimate of drug-likeness (QED) is 0.736. The van der Waals surface area contributed by atoms with Gasteiger partial charge in [-0.25, -0.2) is 0 Å². The molecule has 0 saturated heterocycles. The molecular formula is C19H16N3O2+. The zero-order valence-electron chi connectivity index (χ0n) is 13.0. The van der Waals surface area contributed by atoms with Gasteiger partial charge in [0.2, 0.25) is 12.5 Å². The Bertz CT molecular complexity index is 952. The van der Waals surface area contributed by atoms with Crippen LogP contribution in [0.25, 0.3) is 10.8 Å². The molecule has 24 heavy (non-hydrogen) atoms. The molecule has 4 rings (SSSR count). The number of benzene rings is 2. The summed E-state index contributed by atoms with van der Waals surface area (Å²) in [6, 6.07) is 17.3. The molecular weight excluding hydrogens is 302 g/mol. The summed E-state index contributed by atoms with van der Waals surface area (Å²) in [7, 11) is 0. The highest BCUT2D eigenvalue weighted by atomic mass is 16.2. The van der Waals surface area contributed by atoms with Crippen molar-refractivity contribution in [2.24, 2.45) is 0 Å². The molecule has 118 valence electrons.